The highest BCUT2D eigenvalue weighted by Crippen LogP contribution is 2.07. The monoisotopic (exact) mass is 200 g/mol. The van der Waals surface area contributed by atoms with E-state index < -0.39 is 0 Å². The van der Waals surface area contributed by atoms with Crippen molar-refractivity contribution >= 4 is 5.91 Å². The van der Waals surface area contributed by atoms with Crippen LogP contribution in [0, 0.1) is 0 Å². The van der Waals surface area contributed by atoms with Gasteiger partial charge in [-0.05, 0) is 33.0 Å². The summed E-state index contributed by atoms with van der Waals surface area (Å²) in [6, 6.07) is 0.425. The number of nitrogens with zero attached hydrogens (tertiary/aromatic N) is 1. The fraction of sp³-hybridized carbons (Fsp3) is 0.909. The van der Waals surface area contributed by atoms with E-state index in [0.29, 0.717) is 12.5 Å². The molecule has 3 nitrogen and oxygen atoms in total. The maximum absolute atomic E-state index is 11.0. The summed E-state index contributed by atoms with van der Waals surface area (Å²) < 4.78 is 0. The Morgan fingerprint density at radius 2 is 1.86 bits per heavy atom. The lowest BCUT2D eigenvalue weighted by molar-refractivity contribution is -0.121. The lowest BCUT2D eigenvalue weighted by atomic mass is 10.1. The molecule has 1 fully saturated rings. The average molecular weight is 200 g/mol. The van der Waals surface area contributed by atoms with E-state index in [1.807, 2.05) is 20.8 Å². The van der Waals surface area contributed by atoms with E-state index in [9.17, 15) is 4.79 Å². The van der Waals surface area contributed by atoms with Crippen molar-refractivity contribution in [1.82, 2.24) is 10.2 Å². The van der Waals surface area contributed by atoms with E-state index in [0.717, 1.165) is 25.9 Å². The molecule has 1 rings (SSSR count). The first-order valence-corrected chi connectivity index (χ1v) is 5.70. The molecule has 1 saturated heterocycles. The van der Waals surface area contributed by atoms with Crippen LogP contribution >= 0.6 is 0 Å². The number of piperidine rings is 1. The molecule has 0 aromatic carbocycles. The van der Waals surface area contributed by atoms with Crippen molar-refractivity contribution in [2.24, 2.45) is 0 Å². The second kappa shape index (κ2) is 7.80. The molecule has 0 saturated carbocycles. The zero-order valence-electron chi connectivity index (χ0n) is 9.97. The molecule has 1 aliphatic rings. The molecule has 1 aliphatic heterocycles. The van der Waals surface area contributed by atoms with Crippen LogP contribution in [0.2, 0.25) is 0 Å². The van der Waals surface area contributed by atoms with Crippen molar-refractivity contribution in [3.8, 4) is 0 Å². The van der Waals surface area contributed by atoms with Gasteiger partial charge in [0.05, 0.1) is 0 Å². The molecular formula is C11H24N2O. The van der Waals surface area contributed by atoms with Crippen molar-refractivity contribution < 1.29 is 4.79 Å². The lowest BCUT2D eigenvalue weighted by Crippen LogP contribution is -2.43. The smallest absolute Gasteiger partial charge is 0.219 e. The molecule has 0 radical (unpaired) electrons. The Morgan fingerprint density at radius 1 is 1.36 bits per heavy atom. The molecule has 0 aliphatic carbocycles. The molecule has 1 amide bonds. The van der Waals surface area contributed by atoms with Gasteiger partial charge in [0.25, 0.3) is 0 Å². The molecule has 0 aromatic heterocycles. The fourth-order valence-corrected chi connectivity index (χ4v) is 1.48. The Balaban J connectivity index is 0.000000791. The normalized spacial score (nSPS) is 18.3. The summed E-state index contributed by atoms with van der Waals surface area (Å²) in [4.78, 5) is 13.3. The Labute approximate surface area is 87.9 Å². The van der Waals surface area contributed by atoms with Crippen molar-refractivity contribution in [1.29, 1.82) is 0 Å². The Kier molecular flexibility index (Phi) is 7.48. The molecule has 14 heavy (non-hydrogen) atoms. The SMILES string of the molecule is CC.CCC(=O)NC1CCN(C)CC1. The van der Waals surface area contributed by atoms with Gasteiger partial charge in [0.1, 0.15) is 0 Å². The maximum atomic E-state index is 11.0. The molecule has 0 spiro atoms. The summed E-state index contributed by atoms with van der Waals surface area (Å²) >= 11 is 0. The third-order valence-electron chi connectivity index (χ3n) is 2.40. The minimum atomic E-state index is 0.185. The van der Waals surface area contributed by atoms with Crippen LogP contribution in [-0.4, -0.2) is 37.0 Å². The average Bonchev–Trinajstić information content (AvgIpc) is 2.24. The molecule has 3 heteroatoms. The van der Waals surface area contributed by atoms with Crippen LogP contribution in [0.25, 0.3) is 0 Å². The van der Waals surface area contributed by atoms with Crippen molar-refractivity contribution in [2.75, 3.05) is 20.1 Å². The topological polar surface area (TPSA) is 32.3 Å². The number of carbonyl (C=O) groups excluding carboxylic acids is 1. The molecule has 0 aromatic rings. The summed E-state index contributed by atoms with van der Waals surface area (Å²) in [6.07, 6.45) is 2.80. The highest BCUT2D eigenvalue weighted by Gasteiger charge is 2.17. The van der Waals surface area contributed by atoms with Gasteiger partial charge in [0.15, 0.2) is 0 Å². The van der Waals surface area contributed by atoms with Gasteiger partial charge in [-0.2, -0.15) is 0 Å². The van der Waals surface area contributed by atoms with Gasteiger partial charge < -0.3 is 10.2 Å². The lowest BCUT2D eigenvalue weighted by Gasteiger charge is -2.29. The van der Waals surface area contributed by atoms with Crippen LogP contribution in [-0.2, 0) is 4.79 Å². The van der Waals surface area contributed by atoms with Gasteiger partial charge in [-0.3, -0.25) is 4.79 Å². The second-order valence-corrected chi connectivity index (χ2v) is 3.50. The summed E-state index contributed by atoms with van der Waals surface area (Å²) in [6.45, 7) is 8.10. The predicted octanol–water partition coefficient (Wildman–Crippen LogP) is 1.63. The maximum Gasteiger partial charge on any atom is 0.219 e. The number of likely N-dealkylation sites (tertiary alicyclic amines) is 1. The van der Waals surface area contributed by atoms with Crippen LogP contribution in [0.15, 0.2) is 0 Å². The third-order valence-corrected chi connectivity index (χ3v) is 2.40. The highest BCUT2D eigenvalue weighted by atomic mass is 16.1. The number of hydrogen-bond donors (Lipinski definition) is 1. The van der Waals surface area contributed by atoms with Gasteiger partial charge in [-0.25, -0.2) is 0 Å². The van der Waals surface area contributed by atoms with Gasteiger partial charge in [-0.15, -0.1) is 0 Å². The third kappa shape index (κ3) is 5.22. The van der Waals surface area contributed by atoms with Crippen LogP contribution in [0.1, 0.15) is 40.0 Å². The van der Waals surface area contributed by atoms with Crippen LogP contribution in [0.4, 0.5) is 0 Å². The summed E-state index contributed by atoms with van der Waals surface area (Å²) in [5.74, 6) is 0.185. The van der Waals surface area contributed by atoms with Gasteiger partial charge in [0.2, 0.25) is 5.91 Å². The molecule has 1 N–H and O–H groups in total. The van der Waals surface area contributed by atoms with E-state index in [4.69, 9.17) is 0 Å². The van der Waals surface area contributed by atoms with E-state index in [1.54, 1.807) is 0 Å². The molecular weight excluding hydrogens is 176 g/mol. The highest BCUT2D eigenvalue weighted by molar-refractivity contribution is 5.75. The standard InChI is InChI=1S/C9H18N2O.C2H6/c1-3-9(12)10-8-4-6-11(2)7-5-8;1-2/h8H,3-7H2,1-2H3,(H,10,12);1-2H3. The minimum Gasteiger partial charge on any atom is -0.353 e. The summed E-state index contributed by atoms with van der Waals surface area (Å²) in [5, 5.41) is 3.02. The molecule has 1 heterocycles. The van der Waals surface area contributed by atoms with Crippen molar-refractivity contribution in [2.45, 2.75) is 46.1 Å². The second-order valence-electron chi connectivity index (χ2n) is 3.50. The van der Waals surface area contributed by atoms with E-state index in [1.165, 1.54) is 0 Å². The summed E-state index contributed by atoms with van der Waals surface area (Å²) in [7, 11) is 2.12. The first kappa shape index (κ1) is 13.4. The molecule has 84 valence electrons. The van der Waals surface area contributed by atoms with Crippen LogP contribution < -0.4 is 5.32 Å². The zero-order valence-corrected chi connectivity index (χ0v) is 9.97. The van der Waals surface area contributed by atoms with Crippen LogP contribution in [0.5, 0.6) is 0 Å². The Bertz CT molecular complexity index is 151. The molecule has 0 bridgehead atoms. The van der Waals surface area contributed by atoms with Gasteiger partial charge >= 0.3 is 0 Å². The first-order chi connectivity index (χ1) is 6.72. The Morgan fingerprint density at radius 3 is 2.29 bits per heavy atom. The molecule has 0 unspecified atom stereocenters. The minimum absolute atomic E-state index is 0.185. The quantitative estimate of drug-likeness (QED) is 0.735. The van der Waals surface area contributed by atoms with Crippen molar-refractivity contribution in [3.63, 3.8) is 0 Å². The predicted molar refractivity (Wildman–Crippen MR) is 60.3 cm³/mol. The number of amides is 1. The van der Waals surface area contributed by atoms with Gasteiger partial charge in [-0.1, -0.05) is 20.8 Å². The van der Waals surface area contributed by atoms with E-state index in [2.05, 4.69) is 17.3 Å². The van der Waals surface area contributed by atoms with E-state index in [-0.39, 0.29) is 5.91 Å². The zero-order chi connectivity index (χ0) is 11.0. The van der Waals surface area contributed by atoms with E-state index >= 15 is 0 Å². The van der Waals surface area contributed by atoms with Crippen LogP contribution in [0.3, 0.4) is 0 Å². The largest absolute Gasteiger partial charge is 0.353 e. The molecule has 0 atom stereocenters. The number of rotatable bonds is 2. The number of carbonyl (C=O) groups is 1. The Hall–Kier alpha value is -0.570. The van der Waals surface area contributed by atoms with Crippen molar-refractivity contribution in [3.05, 3.63) is 0 Å². The fourth-order valence-electron chi connectivity index (χ4n) is 1.48. The van der Waals surface area contributed by atoms with Gasteiger partial charge in [0, 0.05) is 12.5 Å². The number of nitrogens with one attached hydrogen (secondary N) is 1. The summed E-state index contributed by atoms with van der Waals surface area (Å²) in [5.41, 5.74) is 0. The first-order valence-electron chi connectivity index (χ1n) is 5.70. The number of hydrogen-bond acceptors (Lipinski definition) is 2.